The van der Waals surface area contributed by atoms with Gasteiger partial charge in [0.2, 0.25) is 5.91 Å². The second-order valence-corrected chi connectivity index (χ2v) is 5.63. The van der Waals surface area contributed by atoms with Crippen molar-refractivity contribution in [1.29, 1.82) is 0 Å². The molecule has 2 N–H and O–H groups in total. The molecule has 110 valence electrons. The van der Waals surface area contributed by atoms with Gasteiger partial charge in [0.05, 0.1) is 0 Å². The third-order valence-corrected chi connectivity index (χ3v) is 4.18. The first-order valence-electron chi connectivity index (χ1n) is 7.57. The summed E-state index contributed by atoms with van der Waals surface area (Å²) >= 11 is 0. The van der Waals surface area contributed by atoms with Crippen LogP contribution in [0.4, 0.5) is 0 Å². The monoisotopic (exact) mass is 269 g/mol. The normalized spacial score (nSPS) is 22.7. The van der Waals surface area contributed by atoms with E-state index < -0.39 is 0 Å². The van der Waals surface area contributed by atoms with Crippen LogP contribution in [0.25, 0.3) is 0 Å². The van der Waals surface area contributed by atoms with Crippen LogP contribution in [-0.2, 0) is 9.53 Å². The Labute approximate surface area is 116 Å². The molecule has 0 radical (unpaired) electrons. The minimum Gasteiger partial charge on any atom is -0.381 e. The van der Waals surface area contributed by atoms with Crippen molar-refractivity contribution in [3.05, 3.63) is 0 Å². The highest BCUT2D eigenvalue weighted by atomic mass is 16.5. The second-order valence-electron chi connectivity index (χ2n) is 5.63. The van der Waals surface area contributed by atoms with E-state index in [1.165, 1.54) is 19.4 Å². The van der Waals surface area contributed by atoms with Crippen LogP contribution in [0, 0.1) is 5.92 Å². The van der Waals surface area contributed by atoms with Crippen molar-refractivity contribution >= 4 is 5.91 Å². The number of piperazine rings is 1. The van der Waals surface area contributed by atoms with E-state index in [2.05, 4.69) is 4.90 Å². The number of amides is 1. The molecule has 2 aliphatic rings. The van der Waals surface area contributed by atoms with E-state index in [9.17, 15) is 4.79 Å². The zero-order valence-corrected chi connectivity index (χ0v) is 11.9. The Morgan fingerprint density at radius 3 is 2.47 bits per heavy atom. The Hall–Kier alpha value is -0.650. The Bertz CT molecular complexity index is 272. The van der Waals surface area contributed by atoms with Gasteiger partial charge in [0.15, 0.2) is 0 Å². The number of rotatable bonds is 5. The topological polar surface area (TPSA) is 58.8 Å². The van der Waals surface area contributed by atoms with Crippen molar-refractivity contribution in [2.45, 2.75) is 25.7 Å². The highest BCUT2D eigenvalue weighted by Gasteiger charge is 2.23. The van der Waals surface area contributed by atoms with Crippen LogP contribution in [0.15, 0.2) is 0 Å². The van der Waals surface area contributed by atoms with E-state index in [0.29, 0.717) is 13.0 Å². The van der Waals surface area contributed by atoms with Gasteiger partial charge in [0, 0.05) is 52.4 Å². The molecule has 0 aliphatic carbocycles. The largest absolute Gasteiger partial charge is 0.381 e. The fourth-order valence-electron chi connectivity index (χ4n) is 2.89. The van der Waals surface area contributed by atoms with Gasteiger partial charge < -0.3 is 15.4 Å². The summed E-state index contributed by atoms with van der Waals surface area (Å²) in [7, 11) is 0. The van der Waals surface area contributed by atoms with Crippen LogP contribution in [0.3, 0.4) is 0 Å². The standard InChI is InChI=1S/C14H27N3O2/c15-5-1-2-14(18)17-8-6-16(7-9-17)12-13-3-10-19-11-4-13/h13H,1-12,15H2. The highest BCUT2D eigenvalue weighted by Crippen LogP contribution is 2.17. The van der Waals surface area contributed by atoms with Crippen LogP contribution >= 0.6 is 0 Å². The molecule has 0 aromatic carbocycles. The quantitative estimate of drug-likeness (QED) is 0.780. The van der Waals surface area contributed by atoms with Crippen molar-refractivity contribution in [3.8, 4) is 0 Å². The van der Waals surface area contributed by atoms with Crippen molar-refractivity contribution in [2.24, 2.45) is 11.7 Å². The number of carbonyl (C=O) groups excluding carboxylic acids is 1. The van der Waals surface area contributed by atoms with Crippen molar-refractivity contribution in [2.75, 3.05) is 52.5 Å². The molecule has 2 rings (SSSR count). The molecule has 0 atom stereocenters. The Morgan fingerprint density at radius 2 is 1.84 bits per heavy atom. The van der Waals surface area contributed by atoms with Gasteiger partial charge in [0.25, 0.3) is 0 Å². The molecule has 2 fully saturated rings. The maximum absolute atomic E-state index is 11.9. The molecule has 2 aliphatic heterocycles. The van der Waals surface area contributed by atoms with Crippen LogP contribution in [0.2, 0.25) is 0 Å². The van der Waals surface area contributed by atoms with E-state index in [-0.39, 0.29) is 5.91 Å². The molecule has 0 bridgehead atoms. The molecule has 2 heterocycles. The van der Waals surface area contributed by atoms with Crippen molar-refractivity contribution in [3.63, 3.8) is 0 Å². The van der Waals surface area contributed by atoms with Crippen LogP contribution < -0.4 is 5.73 Å². The molecule has 1 amide bonds. The molecule has 0 saturated carbocycles. The first kappa shape index (κ1) is 14.8. The Morgan fingerprint density at radius 1 is 1.16 bits per heavy atom. The molecule has 0 aromatic rings. The Balaban J connectivity index is 1.65. The lowest BCUT2D eigenvalue weighted by molar-refractivity contribution is -0.133. The smallest absolute Gasteiger partial charge is 0.222 e. The fraction of sp³-hybridized carbons (Fsp3) is 0.929. The van der Waals surface area contributed by atoms with Gasteiger partial charge in [-0.3, -0.25) is 9.69 Å². The summed E-state index contributed by atoms with van der Waals surface area (Å²) in [5, 5.41) is 0. The predicted octanol–water partition coefficient (Wildman–Crippen LogP) is 0.296. The number of carbonyl (C=O) groups is 1. The van der Waals surface area contributed by atoms with Gasteiger partial charge in [-0.05, 0) is 31.7 Å². The lowest BCUT2D eigenvalue weighted by atomic mass is 9.99. The lowest BCUT2D eigenvalue weighted by Crippen LogP contribution is -2.50. The third kappa shape index (κ3) is 4.75. The molecule has 0 aromatic heterocycles. The summed E-state index contributed by atoms with van der Waals surface area (Å²) < 4.78 is 5.39. The summed E-state index contributed by atoms with van der Waals surface area (Å²) in [4.78, 5) is 16.4. The van der Waals surface area contributed by atoms with Crippen LogP contribution in [-0.4, -0.2) is 68.2 Å². The van der Waals surface area contributed by atoms with Gasteiger partial charge in [-0.25, -0.2) is 0 Å². The number of hydrogen-bond donors (Lipinski definition) is 1. The number of nitrogens with zero attached hydrogens (tertiary/aromatic N) is 2. The van der Waals surface area contributed by atoms with E-state index >= 15 is 0 Å². The van der Waals surface area contributed by atoms with Gasteiger partial charge in [0.1, 0.15) is 0 Å². The maximum atomic E-state index is 11.9. The van der Waals surface area contributed by atoms with Crippen LogP contribution in [0.5, 0.6) is 0 Å². The van der Waals surface area contributed by atoms with Gasteiger partial charge >= 0.3 is 0 Å². The van der Waals surface area contributed by atoms with Gasteiger partial charge in [-0.2, -0.15) is 0 Å². The highest BCUT2D eigenvalue weighted by molar-refractivity contribution is 5.76. The van der Waals surface area contributed by atoms with E-state index in [4.69, 9.17) is 10.5 Å². The molecule has 5 nitrogen and oxygen atoms in total. The minimum absolute atomic E-state index is 0.274. The zero-order valence-electron chi connectivity index (χ0n) is 11.9. The first-order valence-corrected chi connectivity index (χ1v) is 7.57. The average Bonchev–Trinajstić information content (AvgIpc) is 2.46. The molecular weight excluding hydrogens is 242 g/mol. The molecular formula is C14H27N3O2. The maximum Gasteiger partial charge on any atom is 0.222 e. The lowest BCUT2D eigenvalue weighted by Gasteiger charge is -2.37. The molecule has 0 spiro atoms. The zero-order chi connectivity index (χ0) is 13.5. The van der Waals surface area contributed by atoms with Crippen LogP contribution in [0.1, 0.15) is 25.7 Å². The van der Waals surface area contributed by atoms with Crippen molar-refractivity contribution in [1.82, 2.24) is 9.80 Å². The fourth-order valence-corrected chi connectivity index (χ4v) is 2.89. The number of hydrogen-bond acceptors (Lipinski definition) is 4. The molecule has 5 heteroatoms. The number of ether oxygens (including phenoxy) is 1. The second kappa shape index (κ2) is 7.82. The van der Waals surface area contributed by atoms with Gasteiger partial charge in [-0.15, -0.1) is 0 Å². The van der Waals surface area contributed by atoms with E-state index in [1.807, 2.05) is 4.90 Å². The summed E-state index contributed by atoms with van der Waals surface area (Å²) in [6, 6.07) is 0. The molecule has 0 unspecified atom stereocenters. The van der Waals surface area contributed by atoms with E-state index in [0.717, 1.165) is 51.7 Å². The third-order valence-electron chi connectivity index (χ3n) is 4.18. The SMILES string of the molecule is NCCCC(=O)N1CCN(CC2CCOCC2)CC1. The summed E-state index contributed by atoms with van der Waals surface area (Å²) in [5.74, 6) is 1.06. The molecule has 19 heavy (non-hydrogen) atoms. The Kier molecular flexibility index (Phi) is 6.07. The van der Waals surface area contributed by atoms with E-state index in [1.54, 1.807) is 0 Å². The predicted molar refractivity (Wildman–Crippen MR) is 74.9 cm³/mol. The molecule has 2 saturated heterocycles. The summed E-state index contributed by atoms with van der Waals surface area (Å²) in [6.45, 7) is 7.42. The van der Waals surface area contributed by atoms with Crippen molar-refractivity contribution < 1.29 is 9.53 Å². The van der Waals surface area contributed by atoms with Gasteiger partial charge in [-0.1, -0.05) is 0 Å². The minimum atomic E-state index is 0.274. The average molecular weight is 269 g/mol. The number of nitrogens with two attached hydrogens (primary N) is 1. The summed E-state index contributed by atoms with van der Waals surface area (Å²) in [6.07, 6.45) is 3.79. The summed E-state index contributed by atoms with van der Waals surface area (Å²) in [5.41, 5.74) is 5.44. The first-order chi connectivity index (χ1) is 9.29.